The summed E-state index contributed by atoms with van der Waals surface area (Å²) in [6.07, 6.45) is 0.406. The summed E-state index contributed by atoms with van der Waals surface area (Å²) in [7, 11) is -3.14. The highest BCUT2D eigenvalue weighted by Crippen LogP contribution is 2.32. The molecule has 0 bridgehead atoms. The molecule has 7 nitrogen and oxygen atoms in total. The zero-order valence-corrected chi connectivity index (χ0v) is 15.2. The number of pyridine rings is 1. The summed E-state index contributed by atoms with van der Waals surface area (Å²) in [5, 5.41) is 14.4. The molecule has 1 aliphatic heterocycles. The molecule has 0 saturated carbocycles. The van der Waals surface area contributed by atoms with E-state index in [-0.39, 0.29) is 23.1 Å². The van der Waals surface area contributed by atoms with Crippen molar-refractivity contribution in [1.29, 1.82) is 0 Å². The minimum absolute atomic E-state index is 0.0314. The first kappa shape index (κ1) is 17.6. The average molecular weight is 389 g/mol. The van der Waals surface area contributed by atoms with Crippen LogP contribution in [0.2, 0.25) is 0 Å². The third-order valence-electron chi connectivity index (χ3n) is 4.76. The van der Waals surface area contributed by atoms with Crippen molar-refractivity contribution in [2.45, 2.75) is 19.4 Å². The molecule has 1 atom stereocenters. The monoisotopic (exact) mass is 389 g/mol. The Morgan fingerprint density at radius 1 is 1.30 bits per heavy atom. The average Bonchev–Trinajstić information content (AvgIpc) is 3.14. The second-order valence-electron chi connectivity index (χ2n) is 6.65. The molecule has 0 aliphatic carbocycles. The lowest BCUT2D eigenvalue weighted by Gasteiger charge is -2.11. The molecule has 1 aliphatic rings. The lowest BCUT2D eigenvalue weighted by molar-refractivity contribution is 0.0699. The van der Waals surface area contributed by atoms with Gasteiger partial charge in [-0.25, -0.2) is 27.3 Å². The normalized spacial score (nSPS) is 18.8. The highest BCUT2D eigenvalue weighted by atomic mass is 32.2. The van der Waals surface area contributed by atoms with E-state index in [0.717, 1.165) is 0 Å². The van der Waals surface area contributed by atoms with Gasteiger partial charge in [-0.15, -0.1) is 0 Å². The Balaban J connectivity index is 1.96. The van der Waals surface area contributed by atoms with Gasteiger partial charge in [-0.1, -0.05) is 0 Å². The van der Waals surface area contributed by atoms with Gasteiger partial charge < -0.3 is 5.11 Å². The molecular weight excluding hydrogens is 373 g/mol. The van der Waals surface area contributed by atoms with Crippen molar-refractivity contribution in [2.75, 3.05) is 11.5 Å². The van der Waals surface area contributed by atoms with Crippen LogP contribution in [0, 0.1) is 12.7 Å². The first-order chi connectivity index (χ1) is 12.7. The largest absolute Gasteiger partial charge is 0.478 e. The Kier molecular flexibility index (Phi) is 3.99. The SMILES string of the molecule is Cc1nn([C@H]2CCS(=O)(=O)C2)c2nc(-c3ccc(F)cc3)cc(C(=O)O)c12. The van der Waals surface area contributed by atoms with E-state index in [4.69, 9.17) is 0 Å². The number of sulfone groups is 1. The summed E-state index contributed by atoms with van der Waals surface area (Å²) >= 11 is 0. The number of fused-ring (bicyclic) bond motifs is 1. The van der Waals surface area contributed by atoms with Gasteiger partial charge in [-0.3, -0.25) is 0 Å². The number of benzene rings is 1. The lowest BCUT2D eigenvalue weighted by Crippen LogP contribution is -2.13. The van der Waals surface area contributed by atoms with Gasteiger partial charge in [0.05, 0.1) is 39.9 Å². The molecule has 140 valence electrons. The zero-order chi connectivity index (χ0) is 19.3. The van der Waals surface area contributed by atoms with Crippen LogP contribution >= 0.6 is 0 Å². The number of hydrogen-bond donors (Lipinski definition) is 1. The summed E-state index contributed by atoms with van der Waals surface area (Å²) < 4.78 is 38.5. The summed E-state index contributed by atoms with van der Waals surface area (Å²) in [5.41, 5.74) is 1.76. The predicted octanol–water partition coefficient (Wildman–Crippen LogP) is 2.60. The molecule has 3 heterocycles. The molecule has 1 fully saturated rings. The maximum atomic E-state index is 13.2. The number of carboxylic acids is 1. The molecule has 1 aromatic carbocycles. The van der Waals surface area contributed by atoms with Crippen molar-refractivity contribution in [3.63, 3.8) is 0 Å². The van der Waals surface area contributed by atoms with Crippen LogP contribution in [-0.4, -0.2) is 45.8 Å². The summed E-state index contributed by atoms with van der Waals surface area (Å²) in [5.74, 6) is -1.52. The molecule has 4 rings (SSSR count). The van der Waals surface area contributed by atoms with E-state index in [0.29, 0.717) is 34.4 Å². The summed E-state index contributed by atoms with van der Waals surface area (Å²) in [6.45, 7) is 1.67. The number of aromatic carboxylic acids is 1. The second-order valence-corrected chi connectivity index (χ2v) is 8.88. The third kappa shape index (κ3) is 3.08. The quantitative estimate of drug-likeness (QED) is 0.739. The fraction of sp³-hybridized carbons (Fsp3) is 0.278. The van der Waals surface area contributed by atoms with Crippen LogP contribution < -0.4 is 0 Å². The number of aryl methyl sites for hydroxylation is 1. The Hall–Kier alpha value is -2.81. The molecule has 9 heteroatoms. The number of carboxylic acid groups (broad SMARTS) is 1. The van der Waals surface area contributed by atoms with E-state index in [1.807, 2.05) is 0 Å². The van der Waals surface area contributed by atoms with Crippen molar-refractivity contribution in [3.05, 3.63) is 47.4 Å². The molecule has 1 N–H and O–H groups in total. The van der Waals surface area contributed by atoms with Gasteiger partial charge in [-0.2, -0.15) is 5.10 Å². The highest BCUT2D eigenvalue weighted by Gasteiger charge is 2.32. The van der Waals surface area contributed by atoms with Crippen LogP contribution in [0.15, 0.2) is 30.3 Å². The van der Waals surface area contributed by atoms with Gasteiger partial charge in [0.15, 0.2) is 15.5 Å². The third-order valence-corrected chi connectivity index (χ3v) is 6.51. The Morgan fingerprint density at radius 2 is 2.00 bits per heavy atom. The van der Waals surface area contributed by atoms with Crippen LogP contribution in [0.4, 0.5) is 4.39 Å². The van der Waals surface area contributed by atoms with Gasteiger partial charge in [0.2, 0.25) is 0 Å². The molecule has 3 aromatic rings. The number of carbonyl (C=O) groups is 1. The Morgan fingerprint density at radius 3 is 2.59 bits per heavy atom. The van der Waals surface area contributed by atoms with E-state index in [1.165, 1.54) is 35.0 Å². The van der Waals surface area contributed by atoms with Crippen molar-refractivity contribution >= 4 is 26.8 Å². The lowest BCUT2D eigenvalue weighted by atomic mass is 10.1. The molecule has 1 saturated heterocycles. The number of rotatable bonds is 3. The van der Waals surface area contributed by atoms with E-state index in [9.17, 15) is 22.7 Å². The van der Waals surface area contributed by atoms with Gasteiger partial charge >= 0.3 is 5.97 Å². The van der Waals surface area contributed by atoms with E-state index in [2.05, 4.69) is 10.1 Å². The molecule has 0 spiro atoms. The topological polar surface area (TPSA) is 102 Å². The van der Waals surface area contributed by atoms with Crippen molar-refractivity contribution in [2.24, 2.45) is 0 Å². The minimum Gasteiger partial charge on any atom is -0.478 e. The van der Waals surface area contributed by atoms with Crippen molar-refractivity contribution in [1.82, 2.24) is 14.8 Å². The van der Waals surface area contributed by atoms with Crippen molar-refractivity contribution in [3.8, 4) is 11.3 Å². The van der Waals surface area contributed by atoms with Crippen LogP contribution in [0.25, 0.3) is 22.3 Å². The number of hydrogen-bond acceptors (Lipinski definition) is 5. The van der Waals surface area contributed by atoms with Crippen LogP contribution in [-0.2, 0) is 9.84 Å². The van der Waals surface area contributed by atoms with Gasteiger partial charge in [0.1, 0.15) is 5.82 Å². The van der Waals surface area contributed by atoms with E-state index < -0.39 is 21.6 Å². The highest BCUT2D eigenvalue weighted by molar-refractivity contribution is 7.91. The number of aromatic nitrogens is 3. The first-order valence-electron chi connectivity index (χ1n) is 8.35. The van der Waals surface area contributed by atoms with Crippen LogP contribution in [0.5, 0.6) is 0 Å². The molecule has 0 amide bonds. The number of halogens is 1. The standard InChI is InChI=1S/C18H16FN3O4S/c1-10-16-14(18(23)24)8-15(11-2-4-12(19)5-3-11)20-17(16)22(21-10)13-6-7-27(25,26)9-13/h2-5,8,13H,6-7,9H2,1H3,(H,23,24)/t13-/m0/s1. The molecule has 0 unspecified atom stereocenters. The second kappa shape index (κ2) is 6.12. The van der Waals surface area contributed by atoms with Gasteiger partial charge in [0, 0.05) is 5.56 Å². The number of nitrogens with zero attached hydrogens (tertiary/aromatic N) is 3. The van der Waals surface area contributed by atoms with Crippen molar-refractivity contribution < 1.29 is 22.7 Å². The molecule has 2 aromatic heterocycles. The smallest absolute Gasteiger partial charge is 0.336 e. The van der Waals surface area contributed by atoms with E-state index in [1.54, 1.807) is 6.92 Å². The van der Waals surface area contributed by atoms with Gasteiger partial charge in [0.25, 0.3) is 0 Å². The molecular formula is C18H16FN3O4S. The molecule has 27 heavy (non-hydrogen) atoms. The summed E-state index contributed by atoms with van der Waals surface area (Å²) in [4.78, 5) is 16.4. The zero-order valence-electron chi connectivity index (χ0n) is 14.4. The van der Waals surface area contributed by atoms with Crippen LogP contribution in [0.3, 0.4) is 0 Å². The predicted molar refractivity (Wildman–Crippen MR) is 96.9 cm³/mol. The van der Waals surface area contributed by atoms with E-state index >= 15 is 0 Å². The Bertz CT molecular complexity index is 1170. The maximum absolute atomic E-state index is 13.2. The minimum atomic E-state index is -3.14. The summed E-state index contributed by atoms with van der Waals surface area (Å²) in [6, 6.07) is 6.62. The maximum Gasteiger partial charge on any atom is 0.336 e. The fourth-order valence-electron chi connectivity index (χ4n) is 3.47. The first-order valence-corrected chi connectivity index (χ1v) is 10.2. The van der Waals surface area contributed by atoms with Gasteiger partial charge in [-0.05, 0) is 43.7 Å². The Labute approximate surface area is 154 Å². The van der Waals surface area contributed by atoms with Crippen LogP contribution in [0.1, 0.15) is 28.5 Å². The molecule has 0 radical (unpaired) electrons. The fourth-order valence-corrected chi connectivity index (χ4v) is 5.17.